The number of hydrogen-bond donors (Lipinski definition) is 1. The van der Waals surface area contributed by atoms with Crippen LogP contribution in [0, 0.1) is 0 Å². The van der Waals surface area contributed by atoms with E-state index in [4.69, 9.17) is 4.74 Å². The summed E-state index contributed by atoms with van der Waals surface area (Å²) >= 11 is -1.20. The van der Waals surface area contributed by atoms with Gasteiger partial charge >= 0.3 is 6.09 Å². The summed E-state index contributed by atoms with van der Waals surface area (Å²) in [7, 11) is 0. The molecule has 7 heteroatoms. The number of carbonyl (C=O) groups is 1. The van der Waals surface area contributed by atoms with Crippen molar-refractivity contribution in [1.82, 2.24) is 14.5 Å². The highest BCUT2D eigenvalue weighted by molar-refractivity contribution is 7.90. The van der Waals surface area contributed by atoms with Crippen LogP contribution in [0.2, 0.25) is 0 Å². The first kappa shape index (κ1) is 18.0. The summed E-state index contributed by atoms with van der Waals surface area (Å²) in [5.74, 6) is 0. The lowest BCUT2D eigenvalue weighted by Crippen LogP contribution is -2.40. The number of hydrogen-bond acceptors (Lipinski definition) is 5. The minimum Gasteiger partial charge on any atom is -0.598 e. The van der Waals surface area contributed by atoms with Crippen LogP contribution < -0.4 is 4.72 Å². The molecule has 0 saturated carbocycles. The summed E-state index contributed by atoms with van der Waals surface area (Å²) in [5.41, 5.74) is 0.0688. The third-order valence-electron chi connectivity index (χ3n) is 2.47. The van der Waals surface area contributed by atoms with Gasteiger partial charge in [-0.3, -0.25) is 0 Å². The van der Waals surface area contributed by atoms with E-state index in [0.717, 1.165) is 4.68 Å². The van der Waals surface area contributed by atoms with Gasteiger partial charge in [0, 0.05) is 17.6 Å². The van der Waals surface area contributed by atoms with Gasteiger partial charge in [0.25, 0.3) is 0 Å². The molecule has 0 aliphatic rings. The Labute approximate surface area is 129 Å². The fraction of sp³-hybridized carbons (Fsp3) is 0.714. The van der Waals surface area contributed by atoms with Crippen molar-refractivity contribution in [1.29, 1.82) is 0 Å². The molecule has 0 saturated heterocycles. The maximum Gasteiger partial charge on any atom is 0.435 e. The van der Waals surface area contributed by atoms with Crippen LogP contribution in [0.3, 0.4) is 0 Å². The van der Waals surface area contributed by atoms with E-state index >= 15 is 0 Å². The zero-order chi connectivity index (χ0) is 16.4. The van der Waals surface area contributed by atoms with E-state index < -0.39 is 23.1 Å². The third-order valence-corrected chi connectivity index (χ3v) is 4.15. The SMILES string of the molecule is C[C@H](N[S+]([O-])C(C)(C)C)c1ccn(C(=O)OC(C)(C)C)n1. The molecule has 120 valence electrons. The molecule has 6 nitrogen and oxygen atoms in total. The van der Waals surface area contributed by atoms with E-state index in [1.807, 2.05) is 27.7 Å². The molecule has 1 heterocycles. The van der Waals surface area contributed by atoms with Crippen LogP contribution >= 0.6 is 0 Å². The summed E-state index contributed by atoms with van der Waals surface area (Å²) in [6.45, 7) is 12.9. The second-order valence-corrected chi connectivity index (χ2v) is 8.88. The molecule has 0 fully saturated rings. The van der Waals surface area contributed by atoms with Crippen molar-refractivity contribution < 1.29 is 14.1 Å². The summed E-state index contributed by atoms with van der Waals surface area (Å²) < 4.78 is 21.1. The smallest absolute Gasteiger partial charge is 0.435 e. The van der Waals surface area contributed by atoms with Crippen LogP contribution in [0.5, 0.6) is 0 Å². The van der Waals surface area contributed by atoms with E-state index in [-0.39, 0.29) is 10.8 Å². The van der Waals surface area contributed by atoms with E-state index in [0.29, 0.717) is 5.69 Å². The number of ether oxygens (including phenoxy) is 1. The molecule has 1 aromatic heterocycles. The van der Waals surface area contributed by atoms with Crippen molar-refractivity contribution in [2.24, 2.45) is 0 Å². The molecular formula is C14H25N3O3S. The quantitative estimate of drug-likeness (QED) is 0.868. The van der Waals surface area contributed by atoms with Gasteiger partial charge in [0.05, 0.1) is 11.7 Å². The second-order valence-electron chi connectivity index (χ2n) is 6.89. The highest BCUT2D eigenvalue weighted by atomic mass is 32.2. The molecule has 1 aromatic rings. The minimum absolute atomic E-state index is 0.228. The van der Waals surface area contributed by atoms with Crippen molar-refractivity contribution in [3.8, 4) is 0 Å². The van der Waals surface area contributed by atoms with E-state index in [9.17, 15) is 9.35 Å². The lowest BCUT2D eigenvalue weighted by atomic mass is 10.2. The molecule has 0 aromatic carbocycles. The zero-order valence-corrected chi connectivity index (χ0v) is 14.6. The number of aromatic nitrogens is 2. The Bertz CT molecular complexity index is 488. The molecule has 0 spiro atoms. The van der Waals surface area contributed by atoms with Gasteiger partial charge in [-0.1, -0.05) is 0 Å². The Kier molecular flexibility index (Phi) is 5.46. The molecule has 1 N–H and O–H groups in total. The normalized spacial score (nSPS) is 15.6. The topological polar surface area (TPSA) is 79.2 Å². The molecule has 0 radical (unpaired) electrons. The molecule has 0 aliphatic heterocycles. The Hall–Kier alpha value is -1.05. The standard InChI is InChI=1S/C14H25N3O3S/c1-10(16-21(19)14(5,6)7)11-8-9-17(15-11)12(18)20-13(2,3)4/h8-10,16H,1-7H3/t10-,21?/m0/s1. The molecule has 2 atom stereocenters. The Morgan fingerprint density at radius 2 is 1.95 bits per heavy atom. The van der Waals surface area contributed by atoms with Crippen LogP contribution in [0.4, 0.5) is 4.79 Å². The highest BCUT2D eigenvalue weighted by Gasteiger charge is 2.29. The molecule has 0 aliphatic carbocycles. The highest BCUT2D eigenvalue weighted by Crippen LogP contribution is 2.18. The third kappa shape index (κ3) is 5.68. The predicted molar refractivity (Wildman–Crippen MR) is 83.3 cm³/mol. The fourth-order valence-corrected chi connectivity index (χ4v) is 2.17. The van der Waals surface area contributed by atoms with Gasteiger partial charge in [-0.25, -0.2) is 4.79 Å². The summed E-state index contributed by atoms with van der Waals surface area (Å²) in [5, 5.41) is 4.17. The van der Waals surface area contributed by atoms with Crippen LogP contribution in [-0.2, 0) is 16.1 Å². The second kappa shape index (κ2) is 6.37. The average Bonchev–Trinajstić information content (AvgIpc) is 2.74. The Morgan fingerprint density at radius 1 is 1.38 bits per heavy atom. The first-order chi connectivity index (χ1) is 9.40. The van der Waals surface area contributed by atoms with Crippen molar-refractivity contribution in [2.45, 2.75) is 64.9 Å². The zero-order valence-electron chi connectivity index (χ0n) is 13.8. The van der Waals surface area contributed by atoms with E-state index in [1.165, 1.54) is 0 Å². The number of rotatable bonds is 3. The first-order valence-electron chi connectivity index (χ1n) is 6.87. The van der Waals surface area contributed by atoms with Crippen LogP contribution in [0.1, 0.15) is 60.2 Å². The van der Waals surface area contributed by atoms with Gasteiger partial charge < -0.3 is 9.29 Å². The summed E-state index contributed by atoms with van der Waals surface area (Å²) in [6, 6.07) is 1.48. The van der Waals surface area contributed by atoms with Gasteiger partial charge in [-0.05, 0) is 54.5 Å². The molecular weight excluding hydrogens is 290 g/mol. The minimum atomic E-state index is -1.20. The van der Waals surface area contributed by atoms with Gasteiger partial charge in [0.15, 0.2) is 0 Å². The van der Waals surface area contributed by atoms with Crippen LogP contribution in [0.15, 0.2) is 12.3 Å². The van der Waals surface area contributed by atoms with E-state index in [2.05, 4.69) is 9.82 Å². The number of carbonyl (C=O) groups excluding carboxylic acids is 1. The number of nitrogens with one attached hydrogen (secondary N) is 1. The van der Waals surface area contributed by atoms with Gasteiger partial charge in [-0.15, -0.1) is 4.72 Å². The lowest BCUT2D eigenvalue weighted by Gasteiger charge is -2.25. The van der Waals surface area contributed by atoms with Gasteiger partial charge in [0.2, 0.25) is 0 Å². The maximum absolute atomic E-state index is 12.1. The number of nitrogens with zero attached hydrogens (tertiary/aromatic N) is 2. The largest absolute Gasteiger partial charge is 0.598 e. The van der Waals surface area contributed by atoms with Crippen molar-refractivity contribution in [2.75, 3.05) is 0 Å². The first-order valence-corrected chi connectivity index (χ1v) is 8.02. The molecule has 0 bridgehead atoms. The Balaban J connectivity index is 2.73. The van der Waals surface area contributed by atoms with Gasteiger partial charge in [-0.2, -0.15) is 9.78 Å². The lowest BCUT2D eigenvalue weighted by molar-refractivity contribution is 0.0513. The average molecular weight is 315 g/mol. The monoisotopic (exact) mass is 315 g/mol. The van der Waals surface area contributed by atoms with Crippen molar-refractivity contribution in [3.05, 3.63) is 18.0 Å². The van der Waals surface area contributed by atoms with Crippen LogP contribution in [0.25, 0.3) is 0 Å². The van der Waals surface area contributed by atoms with Gasteiger partial charge in [0.1, 0.15) is 10.3 Å². The molecule has 0 amide bonds. The van der Waals surface area contributed by atoms with Crippen molar-refractivity contribution >= 4 is 17.5 Å². The molecule has 21 heavy (non-hydrogen) atoms. The fourth-order valence-electron chi connectivity index (χ4n) is 1.38. The predicted octanol–water partition coefficient (Wildman–Crippen LogP) is 2.78. The summed E-state index contributed by atoms with van der Waals surface area (Å²) in [6.07, 6.45) is 1.01. The van der Waals surface area contributed by atoms with Crippen molar-refractivity contribution in [3.63, 3.8) is 0 Å². The Morgan fingerprint density at radius 3 is 2.43 bits per heavy atom. The van der Waals surface area contributed by atoms with E-state index in [1.54, 1.807) is 33.0 Å². The maximum atomic E-state index is 12.1. The summed E-state index contributed by atoms with van der Waals surface area (Å²) in [4.78, 5) is 11.9. The molecule has 1 unspecified atom stereocenters. The van der Waals surface area contributed by atoms with Crippen LogP contribution in [-0.4, -0.2) is 30.8 Å². The molecule has 1 rings (SSSR count).